The predicted octanol–water partition coefficient (Wildman–Crippen LogP) is 2.32. The highest BCUT2D eigenvalue weighted by atomic mass is 16.5. The third-order valence-corrected chi connectivity index (χ3v) is 3.60. The summed E-state index contributed by atoms with van der Waals surface area (Å²) in [4.78, 5) is 23.0. The summed E-state index contributed by atoms with van der Waals surface area (Å²) in [5.74, 6) is -0.949. The Hall–Kier alpha value is -3.06. The molecule has 3 N–H and O–H groups in total. The smallest absolute Gasteiger partial charge is 0.168 e. The zero-order valence-corrected chi connectivity index (χ0v) is 14.4. The highest BCUT2D eigenvalue weighted by Gasteiger charge is 2.16. The lowest BCUT2D eigenvalue weighted by Crippen LogP contribution is -2.25. The number of carbonyl (C=O) groups is 2. The van der Waals surface area contributed by atoms with Crippen molar-refractivity contribution in [3.63, 3.8) is 0 Å². The van der Waals surface area contributed by atoms with E-state index in [1.54, 1.807) is 6.07 Å². The maximum atomic E-state index is 11.6. The third-order valence-electron chi connectivity index (χ3n) is 3.60. The fourth-order valence-corrected chi connectivity index (χ4v) is 2.34. The van der Waals surface area contributed by atoms with Gasteiger partial charge in [0.1, 0.15) is 36.4 Å². The molecule has 0 aliphatic carbocycles. The molecule has 1 unspecified atom stereocenters. The van der Waals surface area contributed by atoms with Gasteiger partial charge in [0.25, 0.3) is 0 Å². The molecule has 0 spiro atoms. The number of aromatic hydroxyl groups is 2. The molecule has 7 nitrogen and oxygen atoms in total. The second kappa shape index (κ2) is 8.35. The van der Waals surface area contributed by atoms with Gasteiger partial charge in [0, 0.05) is 0 Å². The van der Waals surface area contributed by atoms with E-state index in [0.29, 0.717) is 0 Å². The zero-order valence-electron chi connectivity index (χ0n) is 14.4. The number of aliphatic hydroxyl groups is 1. The number of rotatable bonds is 8. The Morgan fingerprint density at radius 2 is 1.50 bits per heavy atom. The molecule has 26 heavy (non-hydrogen) atoms. The van der Waals surface area contributed by atoms with Crippen molar-refractivity contribution in [3.05, 3.63) is 47.5 Å². The third kappa shape index (κ3) is 4.52. The molecule has 0 saturated carbocycles. The van der Waals surface area contributed by atoms with Gasteiger partial charge in [-0.3, -0.25) is 9.59 Å². The van der Waals surface area contributed by atoms with Gasteiger partial charge in [-0.2, -0.15) is 0 Å². The van der Waals surface area contributed by atoms with E-state index in [2.05, 4.69) is 0 Å². The number of ketones is 2. The van der Waals surface area contributed by atoms with Crippen molar-refractivity contribution in [1.29, 1.82) is 0 Å². The standard InChI is InChI=1S/C19H20O7/c1-11(20)14-5-3-8-17(19(14)24)26-10-13(22)9-25-16-7-4-6-15(23)18(16)12(2)21/h3-8,13,22-24H,9-10H2,1-2H3. The number of hydrogen-bond donors (Lipinski definition) is 3. The number of benzene rings is 2. The van der Waals surface area contributed by atoms with Crippen LogP contribution in [0, 0.1) is 0 Å². The topological polar surface area (TPSA) is 113 Å². The lowest BCUT2D eigenvalue weighted by atomic mass is 10.1. The fraction of sp³-hybridized carbons (Fsp3) is 0.263. The second-order valence-corrected chi connectivity index (χ2v) is 5.69. The van der Waals surface area contributed by atoms with Crippen molar-refractivity contribution in [2.45, 2.75) is 20.0 Å². The molecule has 0 saturated heterocycles. The van der Waals surface area contributed by atoms with Crippen LogP contribution in [0.1, 0.15) is 34.6 Å². The minimum absolute atomic E-state index is 0.0347. The van der Waals surface area contributed by atoms with E-state index >= 15 is 0 Å². The van der Waals surface area contributed by atoms with Gasteiger partial charge in [-0.25, -0.2) is 0 Å². The molecular weight excluding hydrogens is 340 g/mol. The van der Waals surface area contributed by atoms with Crippen molar-refractivity contribution in [2.75, 3.05) is 13.2 Å². The van der Waals surface area contributed by atoms with Crippen LogP contribution in [-0.2, 0) is 0 Å². The Bertz CT molecular complexity index is 814. The molecule has 2 aromatic rings. The summed E-state index contributed by atoms with van der Waals surface area (Å²) < 4.78 is 10.7. The van der Waals surface area contributed by atoms with Crippen molar-refractivity contribution < 1.29 is 34.4 Å². The average molecular weight is 360 g/mol. The minimum Gasteiger partial charge on any atom is -0.507 e. The van der Waals surface area contributed by atoms with Gasteiger partial charge in [-0.15, -0.1) is 0 Å². The summed E-state index contributed by atoms with van der Waals surface area (Å²) >= 11 is 0. The summed E-state index contributed by atoms with van der Waals surface area (Å²) in [6.07, 6.45) is -1.07. The number of phenolic OH excluding ortho intramolecular Hbond substituents is 2. The first-order valence-electron chi connectivity index (χ1n) is 7.90. The van der Waals surface area contributed by atoms with Crippen LogP contribution in [0.25, 0.3) is 0 Å². The first-order valence-corrected chi connectivity index (χ1v) is 7.90. The summed E-state index contributed by atoms with van der Waals surface area (Å²) in [6.45, 7) is 2.22. The number of aliphatic hydroxyl groups excluding tert-OH is 1. The van der Waals surface area contributed by atoms with E-state index in [-0.39, 0.29) is 58.9 Å². The van der Waals surface area contributed by atoms with Crippen molar-refractivity contribution in [1.82, 2.24) is 0 Å². The maximum absolute atomic E-state index is 11.6. The Labute approximate surface area is 150 Å². The van der Waals surface area contributed by atoms with Crippen molar-refractivity contribution in [3.8, 4) is 23.0 Å². The van der Waals surface area contributed by atoms with Gasteiger partial charge in [0.2, 0.25) is 0 Å². The average Bonchev–Trinajstić information content (AvgIpc) is 2.58. The molecule has 1 atom stereocenters. The summed E-state index contributed by atoms with van der Waals surface area (Å²) in [5.41, 5.74) is 0.159. The number of Topliss-reactive ketones (excluding diaryl/α,β-unsaturated/α-hetero) is 2. The molecule has 0 fully saturated rings. The molecule has 0 heterocycles. The zero-order chi connectivity index (χ0) is 19.3. The van der Waals surface area contributed by atoms with Crippen LogP contribution in [-0.4, -0.2) is 46.2 Å². The highest BCUT2D eigenvalue weighted by molar-refractivity contribution is 5.99. The molecule has 138 valence electrons. The Balaban J connectivity index is 1.98. The van der Waals surface area contributed by atoms with Gasteiger partial charge in [-0.1, -0.05) is 12.1 Å². The van der Waals surface area contributed by atoms with Crippen LogP contribution in [0.5, 0.6) is 23.0 Å². The molecule has 0 radical (unpaired) electrons. The molecule has 0 aliphatic heterocycles. The predicted molar refractivity (Wildman–Crippen MR) is 93.2 cm³/mol. The molecule has 0 amide bonds. The van der Waals surface area contributed by atoms with Crippen LogP contribution >= 0.6 is 0 Å². The molecule has 0 bridgehead atoms. The summed E-state index contributed by atoms with van der Waals surface area (Å²) in [5, 5.41) is 29.7. The van der Waals surface area contributed by atoms with E-state index in [1.165, 1.54) is 44.2 Å². The van der Waals surface area contributed by atoms with Gasteiger partial charge in [0.05, 0.1) is 5.56 Å². The van der Waals surface area contributed by atoms with Crippen molar-refractivity contribution in [2.24, 2.45) is 0 Å². The molecular formula is C19H20O7. The molecule has 7 heteroatoms. The van der Waals surface area contributed by atoms with Gasteiger partial charge >= 0.3 is 0 Å². The maximum Gasteiger partial charge on any atom is 0.168 e. The normalized spacial score (nSPS) is 11.7. The van der Waals surface area contributed by atoms with Crippen LogP contribution in [0.4, 0.5) is 0 Å². The Morgan fingerprint density at radius 3 is 2.12 bits per heavy atom. The van der Waals surface area contributed by atoms with Crippen LogP contribution in [0.15, 0.2) is 36.4 Å². The quantitative estimate of drug-likeness (QED) is 0.619. The number of para-hydroxylation sites is 1. The van der Waals surface area contributed by atoms with Crippen LogP contribution in [0.2, 0.25) is 0 Å². The Kier molecular flexibility index (Phi) is 6.19. The van der Waals surface area contributed by atoms with E-state index in [1.807, 2.05) is 0 Å². The van der Waals surface area contributed by atoms with Crippen molar-refractivity contribution >= 4 is 11.6 Å². The van der Waals surface area contributed by atoms with Gasteiger partial charge in [0.15, 0.2) is 23.1 Å². The number of hydrogen-bond acceptors (Lipinski definition) is 7. The summed E-state index contributed by atoms with van der Waals surface area (Å²) in [7, 11) is 0. The van der Waals surface area contributed by atoms with Crippen LogP contribution in [0.3, 0.4) is 0 Å². The van der Waals surface area contributed by atoms with E-state index < -0.39 is 6.10 Å². The fourth-order valence-electron chi connectivity index (χ4n) is 2.34. The largest absolute Gasteiger partial charge is 0.507 e. The number of phenols is 2. The SMILES string of the molecule is CC(=O)c1cccc(OCC(O)COc2cccc(O)c2C(C)=O)c1O. The Morgan fingerprint density at radius 1 is 0.923 bits per heavy atom. The first-order chi connectivity index (χ1) is 12.3. The van der Waals surface area contributed by atoms with Crippen LogP contribution < -0.4 is 9.47 Å². The number of ether oxygens (including phenoxy) is 2. The molecule has 2 aromatic carbocycles. The van der Waals surface area contributed by atoms with E-state index in [4.69, 9.17) is 9.47 Å². The molecule has 2 rings (SSSR count). The highest BCUT2D eigenvalue weighted by Crippen LogP contribution is 2.30. The van der Waals surface area contributed by atoms with E-state index in [9.17, 15) is 24.9 Å². The molecule has 0 aliphatic rings. The van der Waals surface area contributed by atoms with Gasteiger partial charge < -0.3 is 24.8 Å². The second-order valence-electron chi connectivity index (χ2n) is 5.69. The molecule has 0 aromatic heterocycles. The lowest BCUT2D eigenvalue weighted by molar-refractivity contribution is 0.0609. The summed E-state index contributed by atoms with van der Waals surface area (Å²) in [6, 6.07) is 8.89. The number of carbonyl (C=O) groups excluding carboxylic acids is 2. The van der Waals surface area contributed by atoms with E-state index in [0.717, 1.165) is 0 Å². The van der Waals surface area contributed by atoms with Gasteiger partial charge in [-0.05, 0) is 38.1 Å². The first kappa shape index (κ1) is 19.3. The minimum atomic E-state index is -1.07. The lowest BCUT2D eigenvalue weighted by Gasteiger charge is -2.16. The monoisotopic (exact) mass is 360 g/mol.